The fourth-order valence-corrected chi connectivity index (χ4v) is 3.57. The van der Waals surface area contributed by atoms with E-state index >= 15 is 0 Å². The van der Waals surface area contributed by atoms with Crippen LogP contribution >= 0.6 is 0 Å². The first-order valence-corrected chi connectivity index (χ1v) is 8.14. The summed E-state index contributed by atoms with van der Waals surface area (Å²) in [6.45, 7) is 9.20. The van der Waals surface area contributed by atoms with E-state index in [0.29, 0.717) is 18.1 Å². The van der Waals surface area contributed by atoms with Gasteiger partial charge in [-0.15, -0.1) is 0 Å². The molecule has 2 saturated heterocycles. The third-order valence-corrected chi connectivity index (χ3v) is 4.38. The van der Waals surface area contributed by atoms with Gasteiger partial charge in [0.25, 0.3) is 0 Å². The largest absolute Gasteiger partial charge is 0.444 e. The Kier molecular flexibility index (Phi) is 4.95. The molecule has 116 valence electrons. The molecule has 2 atom stereocenters. The molecule has 2 aliphatic rings. The molecule has 2 heterocycles. The third kappa shape index (κ3) is 4.11. The minimum absolute atomic E-state index is 0.260. The molecule has 0 aromatic rings. The lowest BCUT2D eigenvalue weighted by molar-refractivity contribution is 0.0442. The Morgan fingerprint density at radius 2 is 1.85 bits per heavy atom. The number of carbonyl (C=O) groups excluding carboxylic acids is 1. The Balaban J connectivity index is 1.82. The highest BCUT2D eigenvalue weighted by Gasteiger charge is 2.40. The maximum absolute atomic E-state index is 11.9. The summed E-state index contributed by atoms with van der Waals surface area (Å²) >= 11 is 0. The van der Waals surface area contributed by atoms with E-state index in [2.05, 4.69) is 17.1 Å². The first-order chi connectivity index (χ1) is 9.39. The number of nitrogens with zero attached hydrogens (tertiary/aromatic N) is 1. The second kappa shape index (κ2) is 6.33. The molecule has 1 N–H and O–H groups in total. The van der Waals surface area contributed by atoms with Gasteiger partial charge < -0.3 is 10.1 Å². The molecule has 2 aliphatic heterocycles. The molecule has 4 nitrogen and oxygen atoms in total. The van der Waals surface area contributed by atoms with Gasteiger partial charge in [0, 0.05) is 18.1 Å². The zero-order valence-corrected chi connectivity index (χ0v) is 13.4. The number of ether oxygens (including phenoxy) is 1. The zero-order valence-electron chi connectivity index (χ0n) is 13.4. The first kappa shape index (κ1) is 15.6. The summed E-state index contributed by atoms with van der Waals surface area (Å²) in [5, 5.41) is 3.07. The number of nitrogens with one attached hydrogen (secondary N) is 1. The van der Waals surface area contributed by atoms with Gasteiger partial charge in [0.15, 0.2) is 0 Å². The topological polar surface area (TPSA) is 41.6 Å². The van der Waals surface area contributed by atoms with Crippen LogP contribution in [0.15, 0.2) is 0 Å². The zero-order chi connectivity index (χ0) is 14.8. The van der Waals surface area contributed by atoms with Crippen molar-refractivity contribution < 1.29 is 9.53 Å². The van der Waals surface area contributed by atoms with Crippen molar-refractivity contribution in [2.45, 2.75) is 89.9 Å². The van der Waals surface area contributed by atoms with Gasteiger partial charge in [0.1, 0.15) is 5.60 Å². The molecule has 2 bridgehead atoms. The van der Waals surface area contributed by atoms with Crippen LogP contribution in [0.1, 0.15) is 66.2 Å². The number of carbonyl (C=O) groups is 1. The van der Waals surface area contributed by atoms with E-state index in [0.717, 1.165) is 12.8 Å². The maximum atomic E-state index is 11.9. The summed E-state index contributed by atoms with van der Waals surface area (Å²) < 4.78 is 5.36. The second-order valence-corrected chi connectivity index (χ2v) is 7.29. The quantitative estimate of drug-likeness (QED) is 0.860. The summed E-state index contributed by atoms with van der Waals surface area (Å²) in [5.41, 5.74) is -0.412. The number of amides is 1. The predicted molar refractivity (Wildman–Crippen MR) is 80.8 cm³/mol. The fourth-order valence-electron chi connectivity index (χ4n) is 3.57. The van der Waals surface area contributed by atoms with E-state index in [1.807, 2.05) is 20.8 Å². The van der Waals surface area contributed by atoms with E-state index in [4.69, 9.17) is 4.74 Å². The van der Waals surface area contributed by atoms with Gasteiger partial charge in [-0.2, -0.15) is 0 Å². The van der Waals surface area contributed by atoms with Gasteiger partial charge in [-0.1, -0.05) is 13.3 Å². The minimum Gasteiger partial charge on any atom is -0.444 e. The van der Waals surface area contributed by atoms with Crippen LogP contribution in [0.2, 0.25) is 0 Å². The molecule has 0 aromatic carbocycles. The highest BCUT2D eigenvalue weighted by atomic mass is 16.6. The van der Waals surface area contributed by atoms with Crippen LogP contribution in [0.25, 0.3) is 0 Å². The highest BCUT2D eigenvalue weighted by Crippen LogP contribution is 2.35. The number of hydrogen-bond donors (Lipinski definition) is 1. The SMILES string of the molecule is CCCCN1C2CCC1CC(NC(=O)OC(C)(C)C)C2. The minimum atomic E-state index is -0.412. The molecule has 0 aromatic heterocycles. The summed E-state index contributed by atoms with van der Waals surface area (Å²) in [7, 11) is 0. The van der Waals surface area contributed by atoms with Crippen LogP contribution in [-0.2, 0) is 4.74 Å². The van der Waals surface area contributed by atoms with Crippen molar-refractivity contribution in [1.82, 2.24) is 10.2 Å². The molecule has 2 fully saturated rings. The van der Waals surface area contributed by atoms with Crippen molar-refractivity contribution in [2.75, 3.05) is 6.54 Å². The summed E-state index contributed by atoms with van der Waals surface area (Å²) in [6, 6.07) is 1.63. The average molecular weight is 282 g/mol. The van der Waals surface area contributed by atoms with E-state index in [-0.39, 0.29) is 6.09 Å². The predicted octanol–water partition coefficient (Wildman–Crippen LogP) is 3.31. The van der Waals surface area contributed by atoms with Gasteiger partial charge in [-0.05, 0) is 59.4 Å². The third-order valence-electron chi connectivity index (χ3n) is 4.38. The molecule has 2 unspecified atom stereocenters. The first-order valence-electron chi connectivity index (χ1n) is 8.14. The number of hydrogen-bond acceptors (Lipinski definition) is 3. The highest BCUT2D eigenvalue weighted by molar-refractivity contribution is 5.68. The summed E-state index contributed by atoms with van der Waals surface area (Å²) in [6.07, 6.45) is 7.04. The van der Waals surface area contributed by atoms with Crippen LogP contribution in [0.5, 0.6) is 0 Å². The monoisotopic (exact) mass is 282 g/mol. The standard InChI is InChI=1S/C16H30N2O2/c1-5-6-9-18-13-7-8-14(18)11-12(10-13)17-15(19)20-16(2,3)4/h12-14H,5-11H2,1-4H3,(H,17,19). The fraction of sp³-hybridized carbons (Fsp3) is 0.938. The Morgan fingerprint density at radius 1 is 1.25 bits per heavy atom. The number of alkyl carbamates (subject to hydrolysis) is 1. The number of unbranched alkanes of at least 4 members (excludes halogenated alkanes) is 1. The normalized spacial score (nSPS) is 30.3. The summed E-state index contributed by atoms with van der Waals surface area (Å²) in [4.78, 5) is 14.5. The lowest BCUT2D eigenvalue weighted by Crippen LogP contribution is -2.51. The Morgan fingerprint density at radius 3 is 2.35 bits per heavy atom. The van der Waals surface area contributed by atoms with Crippen LogP contribution in [-0.4, -0.2) is 41.3 Å². The Labute approximate surface area is 123 Å². The van der Waals surface area contributed by atoms with Crippen LogP contribution in [0.4, 0.5) is 4.79 Å². The van der Waals surface area contributed by atoms with Crippen molar-refractivity contribution in [2.24, 2.45) is 0 Å². The molecule has 0 spiro atoms. The Bertz CT molecular complexity index is 324. The molecular formula is C16H30N2O2. The van der Waals surface area contributed by atoms with Crippen molar-refractivity contribution >= 4 is 6.09 Å². The number of piperidine rings is 1. The maximum Gasteiger partial charge on any atom is 0.407 e. The second-order valence-electron chi connectivity index (χ2n) is 7.29. The smallest absolute Gasteiger partial charge is 0.407 e. The molecule has 2 rings (SSSR count). The molecule has 1 amide bonds. The molecule has 4 heteroatoms. The lowest BCUT2D eigenvalue weighted by atomic mass is 9.97. The average Bonchev–Trinajstić information content (AvgIpc) is 2.55. The van der Waals surface area contributed by atoms with E-state index in [1.54, 1.807) is 0 Å². The number of rotatable bonds is 4. The van der Waals surface area contributed by atoms with Crippen LogP contribution < -0.4 is 5.32 Å². The Hall–Kier alpha value is -0.770. The lowest BCUT2D eigenvalue weighted by Gasteiger charge is -2.39. The van der Waals surface area contributed by atoms with Crippen molar-refractivity contribution in [1.29, 1.82) is 0 Å². The van der Waals surface area contributed by atoms with E-state index in [1.165, 1.54) is 32.2 Å². The van der Waals surface area contributed by atoms with E-state index < -0.39 is 5.60 Å². The van der Waals surface area contributed by atoms with Gasteiger partial charge in [0.2, 0.25) is 0 Å². The van der Waals surface area contributed by atoms with Crippen LogP contribution in [0.3, 0.4) is 0 Å². The van der Waals surface area contributed by atoms with Gasteiger partial charge in [0.05, 0.1) is 0 Å². The molecule has 0 saturated carbocycles. The molecular weight excluding hydrogens is 252 g/mol. The van der Waals surface area contributed by atoms with Crippen LogP contribution in [0, 0.1) is 0 Å². The molecule has 0 radical (unpaired) electrons. The summed E-state index contributed by atoms with van der Waals surface area (Å²) in [5.74, 6) is 0. The molecule has 20 heavy (non-hydrogen) atoms. The molecule has 0 aliphatic carbocycles. The van der Waals surface area contributed by atoms with E-state index in [9.17, 15) is 4.79 Å². The van der Waals surface area contributed by atoms with Crippen molar-refractivity contribution in [3.8, 4) is 0 Å². The van der Waals surface area contributed by atoms with Crippen molar-refractivity contribution in [3.05, 3.63) is 0 Å². The number of fused-ring (bicyclic) bond motifs is 2. The van der Waals surface area contributed by atoms with Gasteiger partial charge >= 0.3 is 6.09 Å². The van der Waals surface area contributed by atoms with Gasteiger partial charge in [-0.3, -0.25) is 4.90 Å². The van der Waals surface area contributed by atoms with Crippen molar-refractivity contribution in [3.63, 3.8) is 0 Å². The van der Waals surface area contributed by atoms with Gasteiger partial charge in [-0.25, -0.2) is 4.79 Å².